The highest BCUT2D eigenvalue weighted by Gasteiger charge is 2.22. The van der Waals surface area contributed by atoms with E-state index in [0.717, 1.165) is 11.1 Å². The molecule has 2 heterocycles. The van der Waals surface area contributed by atoms with Crippen LogP contribution in [-0.4, -0.2) is 15.2 Å². The number of imidazole rings is 1. The lowest BCUT2D eigenvalue weighted by Gasteiger charge is -2.16. The molecule has 3 heteroatoms. The molecule has 2 aromatic rings. The van der Waals surface area contributed by atoms with E-state index in [0.29, 0.717) is 0 Å². The molecule has 0 spiro atoms. The predicted molar refractivity (Wildman–Crippen MR) is 59.0 cm³/mol. The van der Waals surface area contributed by atoms with Crippen molar-refractivity contribution in [1.82, 2.24) is 9.38 Å². The van der Waals surface area contributed by atoms with Crippen LogP contribution in [0, 0.1) is 5.41 Å². The van der Waals surface area contributed by atoms with Gasteiger partial charge in [-0.05, 0) is 12.1 Å². The summed E-state index contributed by atoms with van der Waals surface area (Å²) >= 11 is 0. The van der Waals surface area contributed by atoms with Crippen molar-refractivity contribution in [3.8, 4) is 0 Å². The van der Waals surface area contributed by atoms with Crippen molar-refractivity contribution in [3.63, 3.8) is 0 Å². The summed E-state index contributed by atoms with van der Waals surface area (Å²) in [5.74, 6) is 0.159. The second-order valence-corrected chi connectivity index (χ2v) is 4.72. The Morgan fingerprint density at radius 3 is 2.80 bits per heavy atom. The van der Waals surface area contributed by atoms with Gasteiger partial charge in [0.15, 0.2) is 5.78 Å². The molecule has 0 aliphatic carbocycles. The van der Waals surface area contributed by atoms with Gasteiger partial charge in [0.2, 0.25) is 0 Å². The number of fused-ring (bicyclic) bond motifs is 1. The van der Waals surface area contributed by atoms with Crippen LogP contribution in [0.4, 0.5) is 0 Å². The molecule has 0 aliphatic heterocycles. The monoisotopic (exact) mass is 202 g/mol. The van der Waals surface area contributed by atoms with E-state index in [1.54, 1.807) is 12.5 Å². The van der Waals surface area contributed by atoms with E-state index in [4.69, 9.17) is 0 Å². The van der Waals surface area contributed by atoms with Gasteiger partial charge in [0, 0.05) is 17.2 Å². The minimum atomic E-state index is -0.335. The van der Waals surface area contributed by atoms with Crippen LogP contribution in [0.25, 0.3) is 5.52 Å². The molecular weight excluding hydrogens is 188 g/mol. The van der Waals surface area contributed by atoms with Crippen LogP contribution in [0.15, 0.2) is 30.9 Å². The molecule has 2 rings (SSSR count). The second kappa shape index (κ2) is 3.19. The van der Waals surface area contributed by atoms with Crippen LogP contribution < -0.4 is 0 Å². The van der Waals surface area contributed by atoms with Crippen molar-refractivity contribution in [2.24, 2.45) is 5.41 Å². The molecule has 0 radical (unpaired) electrons. The lowest BCUT2D eigenvalue weighted by molar-refractivity contribution is 0.0858. The molecule has 0 amide bonds. The largest absolute Gasteiger partial charge is 0.306 e. The van der Waals surface area contributed by atoms with Gasteiger partial charge in [-0.15, -0.1) is 0 Å². The van der Waals surface area contributed by atoms with Gasteiger partial charge in [0.25, 0.3) is 0 Å². The molecule has 0 atom stereocenters. The normalized spacial score (nSPS) is 11.9. The van der Waals surface area contributed by atoms with Crippen molar-refractivity contribution in [3.05, 3.63) is 36.4 Å². The quantitative estimate of drug-likeness (QED) is 0.666. The molecule has 0 saturated carbocycles. The summed E-state index contributed by atoms with van der Waals surface area (Å²) < 4.78 is 1.89. The van der Waals surface area contributed by atoms with E-state index >= 15 is 0 Å². The summed E-state index contributed by atoms with van der Waals surface area (Å²) in [6, 6.07) is 3.71. The van der Waals surface area contributed by atoms with Gasteiger partial charge < -0.3 is 4.40 Å². The van der Waals surface area contributed by atoms with E-state index in [9.17, 15) is 4.79 Å². The fourth-order valence-electron chi connectivity index (χ4n) is 1.49. The molecule has 0 fully saturated rings. The smallest absolute Gasteiger partial charge is 0.168 e. The first-order chi connectivity index (χ1) is 6.98. The van der Waals surface area contributed by atoms with Crippen LogP contribution in [0.5, 0.6) is 0 Å². The third-order valence-electron chi connectivity index (χ3n) is 2.36. The van der Waals surface area contributed by atoms with Gasteiger partial charge in [-0.3, -0.25) is 4.79 Å². The molecule has 0 aromatic carbocycles. The Morgan fingerprint density at radius 1 is 1.40 bits per heavy atom. The zero-order valence-electron chi connectivity index (χ0n) is 9.19. The molecule has 0 unspecified atom stereocenters. The Kier molecular flexibility index (Phi) is 2.11. The maximum absolute atomic E-state index is 12.0. The van der Waals surface area contributed by atoms with E-state index in [1.807, 2.05) is 43.5 Å². The highest BCUT2D eigenvalue weighted by Crippen LogP contribution is 2.21. The van der Waals surface area contributed by atoms with Crippen molar-refractivity contribution in [2.45, 2.75) is 20.8 Å². The number of carbonyl (C=O) groups excluding carboxylic acids is 1. The third-order valence-corrected chi connectivity index (χ3v) is 2.36. The molecule has 0 N–H and O–H groups in total. The summed E-state index contributed by atoms with van der Waals surface area (Å²) in [5, 5.41) is 0. The van der Waals surface area contributed by atoms with E-state index in [-0.39, 0.29) is 11.2 Å². The van der Waals surface area contributed by atoms with Gasteiger partial charge in [-0.2, -0.15) is 0 Å². The van der Waals surface area contributed by atoms with E-state index in [1.165, 1.54) is 0 Å². The predicted octanol–water partition coefficient (Wildman–Crippen LogP) is 2.56. The fraction of sp³-hybridized carbons (Fsp3) is 0.333. The van der Waals surface area contributed by atoms with Crippen molar-refractivity contribution >= 4 is 11.3 Å². The molecule has 15 heavy (non-hydrogen) atoms. The summed E-state index contributed by atoms with van der Waals surface area (Å²) in [6.45, 7) is 5.78. The lowest BCUT2D eigenvalue weighted by Crippen LogP contribution is -2.20. The summed E-state index contributed by atoms with van der Waals surface area (Å²) in [4.78, 5) is 16.0. The van der Waals surface area contributed by atoms with Crippen molar-refractivity contribution in [2.75, 3.05) is 0 Å². The van der Waals surface area contributed by atoms with Gasteiger partial charge in [-0.1, -0.05) is 20.8 Å². The number of pyridine rings is 1. The Labute approximate surface area is 88.8 Å². The molecule has 0 aliphatic rings. The maximum atomic E-state index is 12.0. The van der Waals surface area contributed by atoms with Crippen LogP contribution in [-0.2, 0) is 0 Å². The number of ketones is 1. The molecule has 3 nitrogen and oxygen atoms in total. The second-order valence-electron chi connectivity index (χ2n) is 4.72. The Morgan fingerprint density at radius 2 is 2.13 bits per heavy atom. The highest BCUT2D eigenvalue weighted by atomic mass is 16.1. The first kappa shape index (κ1) is 9.90. The number of hydrogen-bond acceptors (Lipinski definition) is 2. The fourth-order valence-corrected chi connectivity index (χ4v) is 1.49. The maximum Gasteiger partial charge on any atom is 0.168 e. The SMILES string of the molecule is CC(C)(C)C(=O)c1ccn2cncc2c1. The number of carbonyl (C=O) groups is 1. The lowest BCUT2D eigenvalue weighted by atomic mass is 9.87. The van der Waals surface area contributed by atoms with Gasteiger partial charge in [0.1, 0.15) is 0 Å². The number of rotatable bonds is 1. The first-order valence-corrected chi connectivity index (χ1v) is 4.95. The topological polar surface area (TPSA) is 34.4 Å². The number of Topliss-reactive ketones (excluding diaryl/α,β-unsaturated/α-hetero) is 1. The zero-order valence-corrected chi connectivity index (χ0v) is 9.19. The zero-order chi connectivity index (χ0) is 11.1. The summed E-state index contributed by atoms with van der Waals surface area (Å²) in [5.41, 5.74) is 1.36. The Bertz CT molecular complexity index is 506. The highest BCUT2D eigenvalue weighted by molar-refractivity contribution is 6.00. The van der Waals surface area contributed by atoms with Crippen molar-refractivity contribution in [1.29, 1.82) is 0 Å². The van der Waals surface area contributed by atoms with Crippen molar-refractivity contribution < 1.29 is 4.79 Å². The van der Waals surface area contributed by atoms with Gasteiger partial charge >= 0.3 is 0 Å². The number of aromatic nitrogens is 2. The Balaban J connectivity index is 2.49. The summed E-state index contributed by atoms with van der Waals surface area (Å²) in [7, 11) is 0. The van der Waals surface area contributed by atoms with Crippen LogP contribution in [0.3, 0.4) is 0 Å². The standard InChI is InChI=1S/C12H14N2O/c1-12(2,3)11(15)9-4-5-14-8-13-7-10(14)6-9/h4-8H,1-3H3. The van der Waals surface area contributed by atoms with E-state index in [2.05, 4.69) is 4.98 Å². The van der Waals surface area contributed by atoms with Crippen LogP contribution in [0.2, 0.25) is 0 Å². The first-order valence-electron chi connectivity index (χ1n) is 4.95. The van der Waals surface area contributed by atoms with Crippen LogP contribution in [0.1, 0.15) is 31.1 Å². The van der Waals surface area contributed by atoms with Crippen LogP contribution >= 0.6 is 0 Å². The van der Waals surface area contributed by atoms with E-state index < -0.39 is 0 Å². The summed E-state index contributed by atoms with van der Waals surface area (Å²) in [6.07, 6.45) is 5.33. The molecule has 0 saturated heterocycles. The molecule has 0 bridgehead atoms. The molecular formula is C12H14N2O. The average Bonchev–Trinajstić information content (AvgIpc) is 2.61. The minimum absolute atomic E-state index is 0.159. The Hall–Kier alpha value is -1.64. The van der Waals surface area contributed by atoms with Gasteiger partial charge in [-0.25, -0.2) is 4.98 Å². The average molecular weight is 202 g/mol. The third kappa shape index (κ3) is 1.77. The van der Waals surface area contributed by atoms with Gasteiger partial charge in [0.05, 0.1) is 18.0 Å². The molecule has 2 aromatic heterocycles. The molecule has 78 valence electrons. The number of hydrogen-bond donors (Lipinski definition) is 0. The number of nitrogens with zero attached hydrogens (tertiary/aromatic N) is 2. The minimum Gasteiger partial charge on any atom is -0.306 e.